The highest BCUT2D eigenvalue weighted by Crippen LogP contribution is 2.12. The second-order valence-electron chi connectivity index (χ2n) is 4.08. The van der Waals surface area contributed by atoms with E-state index in [4.69, 9.17) is 5.11 Å². The minimum Gasteiger partial charge on any atom is -0.480 e. The first-order valence-corrected chi connectivity index (χ1v) is 8.16. The van der Waals surface area contributed by atoms with Crippen molar-refractivity contribution in [3.63, 3.8) is 0 Å². The molecule has 0 aliphatic carbocycles. The maximum Gasteiger partial charge on any atom is 0.326 e. The first-order chi connectivity index (χ1) is 9.04. The predicted molar refractivity (Wildman–Crippen MR) is 78.9 cm³/mol. The fourth-order valence-electron chi connectivity index (χ4n) is 1.45. The van der Waals surface area contributed by atoms with E-state index in [0.29, 0.717) is 18.7 Å². The third-order valence-corrected chi connectivity index (χ3v) is 4.17. The summed E-state index contributed by atoms with van der Waals surface area (Å²) in [5, 5.41) is 18.1. The van der Waals surface area contributed by atoms with E-state index in [1.54, 1.807) is 23.1 Å². The number of aryl methyl sites for hydroxylation is 1. The Balaban J connectivity index is 2.40. The summed E-state index contributed by atoms with van der Waals surface area (Å²) in [7, 11) is 0. The molecule has 19 heavy (non-hydrogen) atoms. The molecule has 0 aliphatic rings. The van der Waals surface area contributed by atoms with E-state index in [-0.39, 0.29) is 0 Å². The van der Waals surface area contributed by atoms with E-state index < -0.39 is 18.0 Å². The molecule has 0 radical (unpaired) electrons. The van der Waals surface area contributed by atoms with Crippen molar-refractivity contribution in [3.05, 3.63) is 21.9 Å². The van der Waals surface area contributed by atoms with Gasteiger partial charge in [0.2, 0.25) is 0 Å². The van der Waals surface area contributed by atoms with Crippen LogP contribution in [0, 0.1) is 6.92 Å². The van der Waals surface area contributed by atoms with Crippen molar-refractivity contribution in [1.82, 2.24) is 10.6 Å². The molecule has 1 rings (SSSR count). The van der Waals surface area contributed by atoms with Crippen LogP contribution >= 0.6 is 23.1 Å². The number of carboxylic acid groups (broad SMARTS) is 1. The normalized spacial score (nSPS) is 11.9. The molecule has 0 aliphatic heterocycles. The van der Waals surface area contributed by atoms with Gasteiger partial charge in [0.25, 0.3) is 0 Å². The summed E-state index contributed by atoms with van der Waals surface area (Å²) in [5.41, 5.74) is 2.18. The lowest BCUT2D eigenvalue weighted by Gasteiger charge is -2.14. The lowest BCUT2D eigenvalue weighted by molar-refractivity contribution is -0.139. The molecule has 0 fully saturated rings. The van der Waals surface area contributed by atoms with Gasteiger partial charge in [0, 0.05) is 6.54 Å². The Bertz CT molecular complexity index is 434. The van der Waals surface area contributed by atoms with Crippen molar-refractivity contribution in [2.24, 2.45) is 0 Å². The standard InChI is InChI=1S/C12H18N2O3S2/c1-8-6-19-7-9(8)5-13-12(17)14-10(11(15)16)3-4-18-2/h6-7,10H,3-5H2,1-2H3,(H,15,16)(H2,13,14,17). The Kier molecular flexibility index (Phi) is 6.72. The Morgan fingerprint density at radius 1 is 1.47 bits per heavy atom. The number of hydrogen-bond donors (Lipinski definition) is 3. The summed E-state index contributed by atoms with van der Waals surface area (Å²) in [6, 6.07) is -1.28. The Morgan fingerprint density at radius 2 is 2.21 bits per heavy atom. The van der Waals surface area contributed by atoms with Crippen LogP contribution in [0.3, 0.4) is 0 Å². The minimum absolute atomic E-state index is 0.413. The van der Waals surface area contributed by atoms with Crippen LogP contribution in [0.2, 0.25) is 0 Å². The van der Waals surface area contributed by atoms with Gasteiger partial charge in [-0.25, -0.2) is 9.59 Å². The quantitative estimate of drug-likeness (QED) is 0.720. The lowest BCUT2D eigenvalue weighted by atomic mass is 10.2. The molecule has 0 aromatic carbocycles. The van der Waals surface area contributed by atoms with Crippen LogP contribution in [0.25, 0.3) is 0 Å². The van der Waals surface area contributed by atoms with Crippen molar-refractivity contribution in [2.75, 3.05) is 12.0 Å². The molecule has 1 aromatic heterocycles. The molecule has 0 spiro atoms. The van der Waals surface area contributed by atoms with Gasteiger partial charge in [-0.2, -0.15) is 23.1 Å². The maximum atomic E-state index is 11.6. The molecule has 1 heterocycles. The molecule has 0 bridgehead atoms. The fourth-order valence-corrected chi connectivity index (χ4v) is 2.77. The number of amides is 2. The number of thioether (sulfide) groups is 1. The summed E-state index contributed by atoms with van der Waals surface area (Å²) in [6.07, 6.45) is 2.32. The predicted octanol–water partition coefficient (Wildman–Crippen LogP) is 2.06. The summed E-state index contributed by atoms with van der Waals surface area (Å²) < 4.78 is 0. The highest BCUT2D eigenvalue weighted by molar-refractivity contribution is 7.98. The Labute approximate surface area is 120 Å². The van der Waals surface area contributed by atoms with Gasteiger partial charge in [-0.1, -0.05) is 0 Å². The van der Waals surface area contributed by atoms with Crippen molar-refractivity contribution in [3.8, 4) is 0 Å². The summed E-state index contributed by atoms with van der Waals surface area (Å²) in [5.74, 6) is -0.308. The molecule has 3 N–H and O–H groups in total. The number of hydrogen-bond acceptors (Lipinski definition) is 4. The topological polar surface area (TPSA) is 78.4 Å². The zero-order valence-electron chi connectivity index (χ0n) is 10.9. The number of nitrogens with one attached hydrogen (secondary N) is 2. The molecule has 1 unspecified atom stereocenters. The first kappa shape index (κ1) is 15.8. The smallest absolute Gasteiger partial charge is 0.326 e. The molecule has 106 valence electrons. The van der Waals surface area contributed by atoms with Crippen LogP contribution in [0.5, 0.6) is 0 Å². The largest absolute Gasteiger partial charge is 0.480 e. The molecule has 1 atom stereocenters. The molecular formula is C12H18N2O3S2. The van der Waals surface area contributed by atoms with E-state index in [9.17, 15) is 9.59 Å². The number of carboxylic acids is 1. The first-order valence-electron chi connectivity index (χ1n) is 5.82. The summed E-state index contributed by atoms with van der Waals surface area (Å²) in [4.78, 5) is 22.6. The van der Waals surface area contributed by atoms with Crippen molar-refractivity contribution >= 4 is 35.1 Å². The summed E-state index contributed by atoms with van der Waals surface area (Å²) in [6.45, 7) is 2.39. The zero-order valence-corrected chi connectivity index (χ0v) is 12.6. The highest BCUT2D eigenvalue weighted by atomic mass is 32.2. The lowest BCUT2D eigenvalue weighted by Crippen LogP contribution is -2.46. The number of thiophene rings is 1. The third kappa shape index (κ3) is 5.52. The van der Waals surface area contributed by atoms with Crippen LogP contribution < -0.4 is 10.6 Å². The van der Waals surface area contributed by atoms with E-state index in [1.807, 2.05) is 23.9 Å². The van der Waals surface area contributed by atoms with Gasteiger partial charge in [0.05, 0.1) is 0 Å². The molecule has 2 amide bonds. The SMILES string of the molecule is CSCCC(NC(=O)NCc1cscc1C)C(=O)O. The van der Waals surface area contributed by atoms with Crippen LogP contribution in [-0.4, -0.2) is 35.2 Å². The molecule has 0 saturated carbocycles. The Hall–Kier alpha value is -1.21. The number of urea groups is 1. The molecular weight excluding hydrogens is 284 g/mol. The van der Waals surface area contributed by atoms with Crippen molar-refractivity contribution in [2.45, 2.75) is 25.9 Å². The van der Waals surface area contributed by atoms with Gasteiger partial charge < -0.3 is 15.7 Å². The third-order valence-electron chi connectivity index (χ3n) is 2.62. The summed E-state index contributed by atoms with van der Waals surface area (Å²) >= 11 is 3.13. The second kappa shape index (κ2) is 8.06. The van der Waals surface area contributed by atoms with Gasteiger partial charge in [0.1, 0.15) is 6.04 Å². The molecule has 1 aromatic rings. The van der Waals surface area contributed by atoms with Crippen molar-refractivity contribution in [1.29, 1.82) is 0 Å². The van der Waals surface area contributed by atoms with Gasteiger partial charge in [-0.15, -0.1) is 0 Å². The minimum atomic E-state index is -1.00. The van der Waals surface area contributed by atoms with E-state index in [0.717, 1.165) is 11.1 Å². The van der Waals surface area contributed by atoms with Crippen LogP contribution in [0.1, 0.15) is 17.5 Å². The van der Waals surface area contributed by atoms with Gasteiger partial charge >= 0.3 is 12.0 Å². The average Bonchev–Trinajstić information content (AvgIpc) is 2.77. The van der Waals surface area contributed by atoms with E-state index in [1.165, 1.54) is 0 Å². The fraction of sp³-hybridized carbons (Fsp3) is 0.500. The average molecular weight is 302 g/mol. The Morgan fingerprint density at radius 3 is 2.74 bits per heavy atom. The number of carbonyl (C=O) groups excluding carboxylic acids is 1. The molecule has 0 saturated heterocycles. The number of aliphatic carboxylic acids is 1. The van der Waals surface area contributed by atoms with Gasteiger partial charge in [-0.05, 0) is 47.2 Å². The highest BCUT2D eigenvalue weighted by Gasteiger charge is 2.19. The van der Waals surface area contributed by atoms with Crippen LogP contribution in [-0.2, 0) is 11.3 Å². The molecule has 7 heteroatoms. The second-order valence-corrected chi connectivity index (χ2v) is 5.81. The molecule has 5 nitrogen and oxygen atoms in total. The van der Waals surface area contributed by atoms with Crippen molar-refractivity contribution < 1.29 is 14.7 Å². The maximum absolute atomic E-state index is 11.6. The number of carbonyl (C=O) groups is 2. The van der Waals surface area contributed by atoms with Gasteiger partial charge in [0.15, 0.2) is 0 Å². The van der Waals surface area contributed by atoms with E-state index in [2.05, 4.69) is 10.6 Å². The zero-order chi connectivity index (χ0) is 14.3. The van der Waals surface area contributed by atoms with Crippen LogP contribution in [0.4, 0.5) is 4.79 Å². The van der Waals surface area contributed by atoms with E-state index >= 15 is 0 Å². The number of rotatable bonds is 7. The monoisotopic (exact) mass is 302 g/mol. The van der Waals surface area contributed by atoms with Gasteiger partial charge in [-0.3, -0.25) is 0 Å². The van der Waals surface area contributed by atoms with Crippen LogP contribution in [0.15, 0.2) is 10.8 Å².